The van der Waals surface area contributed by atoms with Gasteiger partial charge < -0.3 is 27.6 Å². The van der Waals surface area contributed by atoms with Crippen LogP contribution in [0.5, 0.6) is 0 Å². The van der Waals surface area contributed by atoms with Gasteiger partial charge in [-0.05, 0) is 12.8 Å². The Morgan fingerprint density at radius 1 is 0.833 bits per heavy atom. The predicted octanol–water partition coefficient (Wildman–Crippen LogP) is 0.331. The Bertz CT molecular complexity index is 38.7. The summed E-state index contributed by atoms with van der Waals surface area (Å²) in [5, 5.41) is 0. The Balaban J connectivity index is -0.0000000180. The Morgan fingerprint density at radius 2 is 1.25 bits per heavy atom. The van der Waals surface area contributed by atoms with Crippen LogP contribution < -0.4 is 5.73 Å². The van der Waals surface area contributed by atoms with Crippen LogP contribution in [0.25, 0.3) is 0 Å². The summed E-state index contributed by atoms with van der Waals surface area (Å²) in [5.74, 6) is 0. The molecule has 12 heavy (non-hydrogen) atoms. The molecule has 3 N–H and O–H groups in total. The minimum absolute atomic E-state index is 0. The van der Waals surface area contributed by atoms with Crippen molar-refractivity contribution in [2.45, 2.75) is 32.6 Å². The van der Waals surface area contributed by atoms with Crippen molar-refractivity contribution in [3.63, 3.8) is 0 Å². The first-order valence-corrected chi connectivity index (χ1v) is 3.21. The summed E-state index contributed by atoms with van der Waals surface area (Å²) in [5.41, 5.74) is 3.76. The van der Waals surface area contributed by atoms with Crippen LogP contribution >= 0.6 is 0 Å². The van der Waals surface area contributed by atoms with Crippen molar-refractivity contribution in [3.05, 3.63) is 0 Å². The summed E-state index contributed by atoms with van der Waals surface area (Å²) < 4.78 is 0. The van der Waals surface area contributed by atoms with E-state index in [-0.39, 0.29) is 42.3 Å². The molecule has 0 atom stereocenters. The van der Waals surface area contributed by atoms with Gasteiger partial charge in [-0.1, -0.05) is 19.8 Å². The molecule has 0 aliphatic rings. The van der Waals surface area contributed by atoms with Gasteiger partial charge in [0.15, 0.2) is 0 Å². The first-order chi connectivity index (χ1) is 3.41. The molecule has 83 valence electrons. The average Bonchev–Trinajstić information content (AvgIpc) is 1.69. The zero-order chi connectivity index (χ0) is 5.54. The van der Waals surface area contributed by atoms with E-state index >= 15 is 0 Å². The molecule has 0 amide bonds. The van der Waals surface area contributed by atoms with Crippen LogP contribution in [0, 0.1) is 0 Å². The number of quaternary nitrogens is 1. The fourth-order valence-corrected chi connectivity index (χ4v) is 0.604. The summed E-state index contributed by atoms with van der Waals surface area (Å²) in [6, 6.07) is 0. The Kier molecular flexibility index (Phi) is 137. The molecule has 0 fully saturated rings. The average molecular weight is 352 g/mol. The number of hydrogen-bond acceptors (Lipinski definition) is 0. The second kappa shape index (κ2) is 42.1. The van der Waals surface area contributed by atoms with Gasteiger partial charge in [0.25, 0.3) is 0 Å². The molecule has 0 spiro atoms. The molecule has 0 aliphatic heterocycles. The van der Waals surface area contributed by atoms with Crippen LogP contribution in [0.1, 0.15) is 32.6 Å². The normalized spacial score (nSPS) is 5.50. The molecule has 5 nitrogen and oxygen atoms in total. The molecule has 0 aliphatic carbocycles. The van der Waals surface area contributed by atoms with E-state index < -0.39 is 0 Å². The van der Waals surface area contributed by atoms with E-state index in [1.807, 2.05) is 0 Å². The zero-order valence-corrected chi connectivity index (χ0v) is 9.97. The van der Waals surface area contributed by atoms with Gasteiger partial charge in [0.2, 0.25) is 0 Å². The SMILES string of the molecule is CCCCCC[NH3+].[O-2].[O-2].[O-2].[O-2].[Re]. The monoisotopic (exact) mass is 353 g/mol. The van der Waals surface area contributed by atoms with Crippen LogP contribution in [0.15, 0.2) is 0 Å². The maximum absolute atomic E-state index is 3.76. The molecular formula is C6H16NO4Re-7. The molecule has 0 aromatic carbocycles. The fraction of sp³-hybridized carbons (Fsp3) is 1.00. The van der Waals surface area contributed by atoms with E-state index in [0.717, 1.165) is 6.54 Å². The fourth-order valence-electron chi connectivity index (χ4n) is 0.604. The molecular weight excluding hydrogens is 336 g/mol. The van der Waals surface area contributed by atoms with Gasteiger partial charge in [-0.15, -0.1) is 0 Å². The van der Waals surface area contributed by atoms with Gasteiger partial charge in [-0.3, -0.25) is 0 Å². The van der Waals surface area contributed by atoms with Gasteiger partial charge in [0.05, 0.1) is 6.54 Å². The molecule has 0 unspecified atom stereocenters. The Morgan fingerprint density at radius 3 is 1.50 bits per heavy atom. The van der Waals surface area contributed by atoms with E-state index in [2.05, 4.69) is 12.7 Å². The van der Waals surface area contributed by atoms with Crippen molar-refractivity contribution in [2.24, 2.45) is 0 Å². The summed E-state index contributed by atoms with van der Waals surface area (Å²) in [4.78, 5) is 0. The van der Waals surface area contributed by atoms with Crippen LogP contribution in [-0.4, -0.2) is 6.54 Å². The maximum Gasteiger partial charge on any atom is 0.0739 e. The summed E-state index contributed by atoms with van der Waals surface area (Å²) in [6.45, 7) is 3.34. The molecule has 1 radical (unpaired) electrons. The van der Waals surface area contributed by atoms with Gasteiger partial charge in [-0.2, -0.15) is 0 Å². The third-order valence-corrected chi connectivity index (χ3v) is 1.10. The van der Waals surface area contributed by atoms with Crippen LogP contribution in [0.2, 0.25) is 0 Å². The van der Waals surface area contributed by atoms with Crippen molar-refractivity contribution in [2.75, 3.05) is 6.54 Å². The molecule has 0 aromatic heterocycles. The first-order valence-electron chi connectivity index (χ1n) is 3.21. The molecule has 6 heteroatoms. The second-order valence-corrected chi connectivity index (χ2v) is 1.91. The Hall–Kier alpha value is 0.462. The number of hydrogen-bond donors (Lipinski definition) is 1. The van der Waals surface area contributed by atoms with Crippen LogP contribution in [-0.2, 0) is 42.3 Å². The van der Waals surface area contributed by atoms with Crippen molar-refractivity contribution in [1.82, 2.24) is 0 Å². The third kappa shape index (κ3) is 47.0. The van der Waals surface area contributed by atoms with Crippen molar-refractivity contribution in [1.29, 1.82) is 0 Å². The minimum Gasteiger partial charge on any atom is -2.00 e. The minimum atomic E-state index is 0. The summed E-state index contributed by atoms with van der Waals surface area (Å²) in [6.07, 6.45) is 5.41. The van der Waals surface area contributed by atoms with Crippen molar-refractivity contribution < 1.29 is 48.1 Å². The van der Waals surface area contributed by atoms with Gasteiger partial charge in [-0.25, -0.2) is 0 Å². The van der Waals surface area contributed by atoms with Crippen LogP contribution in [0.4, 0.5) is 0 Å². The Labute approximate surface area is 87.6 Å². The smallest absolute Gasteiger partial charge is 0.0739 e. The largest absolute Gasteiger partial charge is 2.00 e. The van der Waals surface area contributed by atoms with Crippen molar-refractivity contribution in [3.8, 4) is 0 Å². The van der Waals surface area contributed by atoms with Gasteiger partial charge in [0.1, 0.15) is 0 Å². The molecule has 0 bridgehead atoms. The van der Waals surface area contributed by atoms with E-state index in [0.29, 0.717) is 0 Å². The zero-order valence-electron chi connectivity index (χ0n) is 7.25. The van der Waals surface area contributed by atoms with E-state index in [1.54, 1.807) is 0 Å². The maximum atomic E-state index is 3.76. The molecule has 0 rings (SSSR count). The molecule has 0 saturated heterocycles. The summed E-state index contributed by atoms with van der Waals surface area (Å²) >= 11 is 0. The van der Waals surface area contributed by atoms with E-state index in [9.17, 15) is 0 Å². The molecule has 0 heterocycles. The first kappa shape index (κ1) is 39.2. The third-order valence-electron chi connectivity index (χ3n) is 1.10. The van der Waals surface area contributed by atoms with Crippen molar-refractivity contribution >= 4 is 0 Å². The molecule has 0 saturated carbocycles. The quantitative estimate of drug-likeness (QED) is 0.696. The van der Waals surface area contributed by atoms with E-state index in [1.165, 1.54) is 25.7 Å². The van der Waals surface area contributed by atoms with Crippen LogP contribution in [0.3, 0.4) is 0 Å². The number of rotatable bonds is 4. The molecule has 0 aromatic rings. The second-order valence-electron chi connectivity index (χ2n) is 1.91. The number of unbranched alkanes of at least 4 members (excludes halogenated alkanes) is 3. The predicted molar refractivity (Wildman–Crippen MR) is 34.6 cm³/mol. The van der Waals surface area contributed by atoms with E-state index in [4.69, 9.17) is 0 Å². The standard InChI is InChI=1S/C6H15N.4O.Re/c1-2-3-4-5-6-7;;;;;/h2-7H2,1H3;;;;;/q;4*-2;/p+1. The summed E-state index contributed by atoms with van der Waals surface area (Å²) in [7, 11) is 0. The van der Waals surface area contributed by atoms with Gasteiger partial charge in [0, 0.05) is 20.4 Å². The van der Waals surface area contributed by atoms with Gasteiger partial charge >= 0.3 is 0 Å². The topological polar surface area (TPSA) is 142 Å².